The summed E-state index contributed by atoms with van der Waals surface area (Å²) < 4.78 is 0. The molecule has 0 radical (unpaired) electrons. The van der Waals surface area contributed by atoms with Crippen LogP contribution in [0.2, 0.25) is 0 Å². The number of aliphatic hydroxyl groups is 3. The van der Waals surface area contributed by atoms with Crippen molar-refractivity contribution in [3.63, 3.8) is 0 Å². The molecule has 0 aliphatic carbocycles. The molecule has 11 heavy (non-hydrogen) atoms. The van der Waals surface area contributed by atoms with Crippen LogP contribution in [0.15, 0.2) is 0 Å². The molecule has 0 saturated heterocycles. The van der Waals surface area contributed by atoms with Gasteiger partial charge < -0.3 is 15.3 Å². The van der Waals surface area contributed by atoms with E-state index >= 15 is 0 Å². The highest BCUT2D eigenvalue weighted by Gasteiger charge is 2.18. The van der Waals surface area contributed by atoms with Crippen molar-refractivity contribution >= 4 is 5.78 Å². The number of Topliss-reactive ketones (excluding diaryl/α,β-unsaturated/α-hetero) is 1. The Bertz CT molecular complexity index is 132. The van der Waals surface area contributed by atoms with Crippen LogP contribution in [-0.4, -0.2) is 39.4 Å². The van der Waals surface area contributed by atoms with E-state index in [1.54, 1.807) is 0 Å². The van der Waals surface area contributed by atoms with Crippen LogP contribution in [0.4, 0.5) is 0 Å². The lowest BCUT2D eigenvalue weighted by Gasteiger charge is -2.15. The summed E-state index contributed by atoms with van der Waals surface area (Å²) in [4.78, 5) is 10.5. The van der Waals surface area contributed by atoms with Gasteiger partial charge in [-0.3, -0.25) is 4.79 Å². The zero-order chi connectivity index (χ0) is 9.02. The predicted octanol–water partition coefficient (Wildman–Crippen LogP) is -0.932. The molecular weight excluding hydrogens is 148 g/mol. The second-order valence-corrected chi connectivity index (χ2v) is 2.67. The topological polar surface area (TPSA) is 77.8 Å². The lowest BCUT2D eigenvalue weighted by Crippen LogP contribution is -2.30. The minimum absolute atomic E-state index is 0.104. The molecule has 0 aromatic carbocycles. The van der Waals surface area contributed by atoms with Crippen LogP contribution >= 0.6 is 0 Å². The normalized spacial score (nSPS) is 19.0. The molecule has 0 saturated carbocycles. The number of hydrogen-bond donors (Lipinski definition) is 3. The second-order valence-electron chi connectivity index (χ2n) is 2.67. The van der Waals surface area contributed by atoms with Gasteiger partial charge in [-0.2, -0.15) is 0 Å². The van der Waals surface area contributed by atoms with E-state index in [4.69, 9.17) is 15.3 Å². The number of aliphatic hydroxyl groups excluding tert-OH is 3. The van der Waals surface area contributed by atoms with Gasteiger partial charge in [0, 0.05) is 6.42 Å². The number of rotatable bonds is 4. The average Bonchev–Trinajstić information content (AvgIpc) is 1.87. The van der Waals surface area contributed by atoms with Crippen LogP contribution in [0.3, 0.4) is 0 Å². The largest absolute Gasteiger partial charge is 0.391 e. The number of carbonyl (C=O) groups is 1. The summed E-state index contributed by atoms with van der Waals surface area (Å²) in [5.74, 6) is -0.398. The number of hydrogen-bond acceptors (Lipinski definition) is 4. The van der Waals surface area contributed by atoms with Crippen molar-refractivity contribution < 1.29 is 20.1 Å². The molecule has 0 aromatic heterocycles. The van der Waals surface area contributed by atoms with Gasteiger partial charge in [0.15, 0.2) is 5.78 Å². The molecule has 3 N–H and O–H groups in total. The third kappa shape index (κ3) is 4.08. The number of carbonyl (C=O) groups excluding carboxylic acids is 1. The van der Waals surface area contributed by atoms with E-state index in [1.807, 2.05) is 0 Å². The maximum absolute atomic E-state index is 10.5. The smallest absolute Gasteiger partial charge is 0.158 e. The highest BCUT2D eigenvalue weighted by atomic mass is 16.3. The molecule has 0 aliphatic heterocycles. The van der Waals surface area contributed by atoms with Crippen LogP contribution in [0.25, 0.3) is 0 Å². The van der Waals surface area contributed by atoms with Crippen molar-refractivity contribution in [2.45, 2.75) is 38.6 Å². The zero-order valence-corrected chi connectivity index (χ0v) is 6.69. The fourth-order valence-corrected chi connectivity index (χ4v) is 0.592. The second kappa shape index (κ2) is 4.43. The molecule has 0 aromatic rings. The van der Waals surface area contributed by atoms with E-state index in [2.05, 4.69) is 0 Å². The van der Waals surface area contributed by atoms with Gasteiger partial charge in [-0.25, -0.2) is 0 Å². The summed E-state index contributed by atoms with van der Waals surface area (Å²) in [5, 5.41) is 26.7. The molecule has 0 bridgehead atoms. The molecule has 4 heteroatoms. The van der Waals surface area contributed by atoms with Gasteiger partial charge in [-0.05, 0) is 13.8 Å². The first-order chi connectivity index (χ1) is 4.95. The number of ketones is 1. The van der Waals surface area contributed by atoms with Crippen LogP contribution in [-0.2, 0) is 4.79 Å². The lowest BCUT2D eigenvalue weighted by molar-refractivity contribution is -0.127. The molecule has 3 atom stereocenters. The maximum atomic E-state index is 10.5. The van der Waals surface area contributed by atoms with E-state index in [0.717, 1.165) is 0 Å². The van der Waals surface area contributed by atoms with Gasteiger partial charge >= 0.3 is 0 Å². The average molecular weight is 162 g/mol. The summed E-state index contributed by atoms with van der Waals surface area (Å²) in [7, 11) is 0. The van der Waals surface area contributed by atoms with Crippen molar-refractivity contribution in [2.24, 2.45) is 0 Å². The molecule has 66 valence electrons. The van der Waals surface area contributed by atoms with Crippen LogP contribution in [0.5, 0.6) is 0 Å². The molecular formula is C7H14O4. The summed E-state index contributed by atoms with van der Waals surface area (Å²) in [5.41, 5.74) is 0. The Morgan fingerprint density at radius 3 is 2.09 bits per heavy atom. The molecule has 0 spiro atoms. The van der Waals surface area contributed by atoms with E-state index < -0.39 is 24.1 Å². The molecule has 0 unspecified atom stereocenters. The van der Waals surface area contributed by atoms with Gasteiger partial charge in [-0.15, -0.1) is 0 Å². The summed E-state index contributed by atoms with van der Waals surface area (Å²) in [6.45, 7) is 2.64. The molecule has 0 heterocycles. The fourth-order valence-electron chi connectivity index (χ4n) is 0.592. The third-order valence-corrected chi connectivity index (χ3v) is 1.49. The summed E-state index contributed by atoms with van der Waals surface area (Å²) in [6, 6.07) is 0. The van der Waals surface area contributed by atoms with Crippen LogP contribution < -0.4 is 0 Å². The summed E-state index contributed by atoms with van der Waals surface area (Å²) in [6.07, 6.45) is -3.22. The lowest BCUT2D eigenvalue weighted by atomic mass is 10.1. The van der Waals surface area contributed by atoms with E-state index in [-0.39, 0.29) is 6.42 Å². The molecule has 0 amide bonds. The van der Waals surface area contributed by atoms with Crippen molar-refractivity contribution in [1.82, 2.24) is 0 Å². The van der Waals surface area contributed by atoms with Gasteiger partial charge in [0.25, 0.3) is 0 Å². The first-order valence-corrected chi connectivity index (χ1v) is 3.49. The molecule has 0 fully saturated rings. The Labute approximate surface area is 65.5 Å². The van der Waals surface area contributed by atoms with Gasteiger partial charge in [-0.1, -0.05) is 0 Å². The van der Waals surface area contributed by atoms with Crippen molar-refractivity contribution in [1.29, 1.82) is 0 Å². The maximum Gasteiger partial charge on any atom is 0.158 e. The Balaban J connectivity index is 3.75. The van der Waals surface area contributed by atoms with Crippen molar-refractivity contribution in [3.8, 4) is 0 Å². The van der Waals surface area contributed by atoms with Crippen molar-refractivity contribution in [3.05, 3.63) is 0 Å². The minimum Gasteiger partial charge on any atom is -0.391 e. The molecule has 0 aliphatic rings. The third-order valence-electron chi connectivity index (χ3n) is 1.49. The first-order valence-electron chi connectivity index (χ1n) is 3.49. The highest BCUT2D eigenvalue weighted by molar-refractivity contribution is 5.80. The van der Waals surface area contributed by atoms with Gasteiger partial charge in [0.2, 0.25) is 0 Å². The predicted molar refractivity (Wildman–Crippen MR) is 39.0 cm³/mol. The van der Waals surface area contributed by atoms with Crippen LogP contribution in [0, 0.1) is 0 Å². The van der Waals surface area contributed by atoms with Crippen molar-refractivity contribution in [2.75, 3.05) is 0 Å². The highest BCUT2D eigenvalue weighted by Crippen LogP contribution is 2.03. The van der Waals surface area contributed by atoms with Crippen LogP contribution in [0.1, 0.15) is 20.3 Å². The SMILES string of the molecule is CC(=O)[C@H](O)C[C@@H](O)[C@H](C)O. The van der Waals surface area contributed by atoms with Gasteiger partial charge in [0.1, 0.15) is 6.10 Å². The Hall–Kier alpha value is -0.450. The van der Waals surface area contributed by atoms with E-state index in [9.17, 15) is 4.79 Å². The zero-order valence-electron chi connectivity index (χ0n) is 6.69. The Morgan fingerprint density at radius 1 is 1.36 bits per heavy atom. The fraction of sp³-hybridized carbons (Fsp3) is 0.857. The van der Waals surface area contributed by atoms with E-state index in [1.165, 1.54) is 13.8 Å². The standard InChI is InChI=1S/C7H14O4/c1-4(8)6(10)3-7(11)5(2)9/h4,6-8,10-11H,3H2,1-2H3/t4-,6+,7+/m0/s1. The minimum atomic E-state index is -1.17. The quantitative estimate of drug-likeness (QED) is 0.499. The monoisotopic (exact) mass is 162 g/mol. The van der Waals surface area contributed by atoms with Gasteiger partial charge in [0.05, 0.1) is 12.2 Å². The summed E-state index contributed by atoms with van der Waals surface area (Å²) >= 11 is 0. The Kier molecular flexibility index (Phi) is 4.25. The molecule has 0 rings (SSSR count). The molecule has 4 nitrogen and oxygen atoms in total. The Morgan fingerprint density at radius 2 is 1.82 bits per heavy atom. The first kappa shape index (κ1) is 10.6. The van der Waals surface area contributed by atoms with E-state index in [0.29, 0.717) is 0 Å².